The Morgan fingerprint density at radius 2 is 1.81 bits per heavy atom. The molecule has 2 aromatic carbocycles. The predicted octanol–water partition coefficient (Wildman–Crippen LogP) is 3.54. The average molecular weight is 373 g/mol. The van der Waals surface area contributed by atoms with Crippen LogP contribution in [0, 0.1) is 5.92 Å². The number of rotatable bonds is 6. The number of hydrogen-bond donors (Lipinski definition) is 0. The first-order chi connectivity index (χ1) is 12.3. The molecule has 5 nitrogen and oxygen atoms in total. The van der Waals surface area contributed by atoms with E-state index in [4.69, 9.17) is 4.74 Å². The van der Waals surface area contributed by atoms with Crippen LogP contribution in [0.1, 0.15) is 30.1 Å². The lowest BCUT2D eigenvalue weighted by atomic mass is 10.1. The van der Waals surface area contributed by atoms with Gasteiger partial charge in [-0.2, -0.15) is 0 Å². The summed E-state index contributed by atoms with van der Waals surface area (Å²) in [4.78, 5) is 15.2. The molecule has 0 saturated heterocycles. The number of nitrogens with zero attached hydrogens (tertiary/aromatic N) is 1. The molecule has 0 spiro atoms. The lowest BCUT2D eigenvalue weighted by Gasteiger charge is -2.30. The van der Waals surface area contributed by atoms with Crippen LogP contribution in [-0.2, 0) is 9.84 Å². The first-order valence-corrected chi connectivity index (χ1v) is 10.5. The Morgan fingerprint density at radius 3 is 2.35 bits per heavy atom. The minimum absolute atomic E-state index is 0.0396. The van der Waals surface area contributed by atoms with Crippen LogP contribution in [0.15, 0.2) is 53.4 Å². The Bertz CT molecular complexity index is 902. The van der Waals surface area contributed by atoms with E-state index >= 15 is 0 Å². The molecular weight excluding hydrogens is 350 g/mol. The van der Waals surface area contributed by atoms with E-state index in [2.05, 4.69) is 0 Å². The second-order valence-electron chi connectivity index (χ2n) is 6.75. The summed E-state index contributed by atoms with van der Waals surface area (Å²) in [5.74, 6) is 0.999. The molecule has 1 amide bonds. The molecule has 2 aromatic rings. The number of benzene rings is 2. The number of sulfone groups is 1. The monoisotopic (exact) mass is 373 g/mol. The van der Waals surface area contributed by atoms with E-state index in [1.54, 1.807) is 24.1 Å². The van der Waals surface area contributed by atoms with E-state index in [-0.39, 0.29) is 16.8 Å². The Hall–Kier alpha value is -2.34. The molecule has 0 aromatic heterocycles. The summed E-state index contributed by atoms with van der Waals surface area (Å²) >= 11 is 0. The molecule has 1 fully saturated rings. The molecule has 1 aliphatic carbocycles. The van der Waals surface area contributed by atoms with Gasteiger partial charge in [-0.15, -0.1) is 0 Å². The van der Waals surface area contributed by atoms with Crippen molar-refractivity contribution in [3.05, 3.63) is 54.1 Å². The highest BCUT2D eigenvalue weighted by Gasteiger charge is 2.35. The second-order valence-corrected chi connectivity index (χ2v) is 8.77. The van der Waals surface area contributed by atoms with E-state index in [1.165, 1.54) is 12.1 Å². The van der Waals surface area contributed by atoms with Gasteiger partial charge in [-0.3, -0.25) is 4.79 Å². The Kier molecular flexibility index (Phi) is 5.05. The van der Waals surface area contributed by atoms with Gasteiger partial charge in [0.15, 0.2) is 9.84 Å². The van der Waals surface area contributed by atoms with Crippen molar-refractivity contribution < 1.29 is 17.9 Å². The van der Waals surface area contributed by atoms with Crippen molar-refractivity contribution in [2.45, 2.75) is 30.7 Å². The molecule has 0 aliphatic heterocycles. The topological polar surface area (TPSA) is 63.7 Å². The van der Waals surface area contributed by atoms with Gasteiger partial charge in [0, 0.05) is 23.5 Å². The fourth-order valence-corrected chi connectivity index (χ4v) is 3.74. The van der Waals surface area contributed by atoms with E-state index in [1.807, 2.05) is 31.2 Å². The SMILES string of the molecule is COc1ccc(N(C(=O)c2cccc(S(C)(=O)=O)c2)C(C)C2CC2)cc1. The summed E-state index contributed by atoms with van der Waals surface area (Å²) in [6.45, 7) is 2.04. The van der Waals surface area contributed by atoms with Gasteiger partial charge < -0.3 is 9.64 Å². The maximum atomic E-state index is 13.3. The highest BCUT2D eigenvalue weighted by atomic mass is 32.2. The Balaban J connectivity index is 1.99. The first-order valence-electron chi connectivity index (χ1n) is 8.59. The van der Waals surface area contributed by atoms with Gasteiger partial charge in [0.25, 0.3) is 5.91 Å². The number of ether oxygens (including phenoxy) is 1. The van der Waals surface area contributed by atoms with Crippen LogP contribution in [0.5, 0.6) is 5.75 Å². The number of methoxy groups -OCH3 is 1. The highest BCUT2D eigenvalue weighted by molar-refractivity contribution is 7.90. The number of amides is 1. The van der Waals surface area contributed by atoms with Crippen LogP contribution in [0.25, 0.3) is 0 Å². The van der Waals surface area contributed by atoms with Crippen molar-refractivity contribution in [3.8, 4) is 5.75 Å². The molecular formula is C20H23NO4S. The van der Waals surface area contributed by atoms with Crippen molar-refractivity contribution >= 4 is 21.4 Å². The number of anilines is 1. The van der Waals surface area contributed by atoms with Crippen molar-refractivity contribution in [2.75, 3.05) is 18.3 Å². The maximum absolute atomic E-state index is 13.3. The lowest BCUT2D eigenvalue weighted by molar-refractivity contribution is 0.0975. The second kappa shape index (κ2) is 7.11. The van der Waals surface area contributed by atoms with Crippen molar-refractivity contribution in [3.63, 3.8) is 0 Å². The van der Waals surface area contributed by atoms with Crippen LogP contribution >= 0.6 is 0 Å². The normalized spacial score (nSPS) is 15.3. The summed E-state index contributed by atoms with van der Waals surface area (Å²) in [6, 6.07) is 13.6. The van der Waals surface area contributed by atoms with Crippen molar-refractivity contribution in [1.82, 2.24) is 0 Å². The minimum Gasteiger partial charge on any atom is -0.497 e. The van der Waals surface area contributed by atoms with Crippen LogP contribution < -0.4 is 9.64 Å². The van der Waals surface area contributed by atoms with Crippen LogP contribution in [-0.4, -0.2) is 33.7 Å². The van der Waals surface area contributed by atoms with Gasteiger partial charge >= 0.3 is 0 Å². The molecule has 0 N–H and O–H groups in total. The van der Waals surface area contributed by atoms with Crippen LogP contribution in [0.4, 0.5) is 5.69 Å². The van der Waals surface area contributed by atoms with Gasteiger partial charge in [-0.1, -0.05) is 6.07 Å². The van der Waals surface area contributed by atoms with E-state index in [0.717, 1.165) is 30.5 Å². The maximum Gasteiger partial charge on any atom is 0.258 e. The lowest BCUT2D eigenvalue weighted by Crippen LogP contribution is -2.40. The summed E-state index contributed by atoms with van der Waals surface area (Å²) < 4.78 is 28.9. The zero-order valence-electron chi connectivity index (χ0n) is 15.2. The van der Waals surface area contributed by atoms with Crippen LogP contribution in [0.3, 0.4) is 0 Å². The number of carbonyl (C=O) groups excluding carboxylic acids is 1. The third kappa shape index (κ3) is 3.90. The fourth-order valence-electron chi connectivity index (χ4n) is 3.07. The highest BCUT2D eigenvalue weighted by Crippen LogP contribution is 2.38. The summed E-state index contributed by atoms with van der Waals surface area (Å²) in [5, 5.41) is 0. The molecule has 1 aliphatic rings. The van der Waals surface area contributed by atoms with Gasteiger partial charge in [-0.05, 0) is 68.1 Å². The van der Waals surface area contributed by atoms with Gasteiger partial charge in [0.1, 0.15) is 5.75 Å². The zero-order chi connectivity index (χ0) is 18.9. The quantitative estimate of drug-likeness (QED) is 0.777. The van der Waals surface area contributed by atoms with Gasteiger partial charge in [-0.25, -0.2) is 8.42 Å². The molecule has 138 valence electrons. The molecule has 0 bridgehead atoms. The molecule has 3 rings (SSSR count). The molecule has 1 saturated carbocycles. The standard InChI is InChI=1S/C20H23NO4S/c1-14(15-7-8-15)21(17-9-11-18(25-2)12-10-17)20(22)16-5-4-6-19(13-16)26(3,23)24/h4-6,9-15H,7-8H2,1-3H3. The zero-order valence-corrected chi connectivity index (χ0v) is 16.0. The third-order valence-corrected chi connectivity index (χ3v) is 5.90. The first kappa shape index (κ1) is 18.5. The van der Waals surface area contributed by atoms with E-state index in [9.17, 15) is 13.2 Å². The molecule has 1 unspecified atom stereocenters. The van der Waals surface area contributed by atoms with Crippen LogP contribution in [0.2, 0.25) is 0 Å². The summed E-state index contributed by atoms with van der Waals surface area (Å²) in [6.07, 6.45) is 3.35. The smallest absolute Gasteiger partial charge is 0.258 e. The average Bonchev–Trinajstić information content (AvgIpc) is 3.47. The molecule has 6 heteroatoms. The predicted molar refractivity (Wildman–Crippen MR) is 102 cm³/mol. The summed E-state index contributed by atoms with van der Waals surface area (Å²) in [5.41, 5.74) is 1.15. The van der Waals surface area contributed by atoms with E-state index in [0.29, 0.717) is 11.5 Å². The molecule has 0 heterocycles. The Morgan fingerprint density at radius 1 is 1.15 bits per heavy atom. The number of hydrogen-bond acceptors (Lipinski definition) is 4. The van der Waals surface area contributed by atoms with Gasteiger partial charge in [0.2, 0.25) is 0 Å². The van der Waals surface area contributed by atoms with E-state index < -0.39 is 9.84 Å². The largest absolute Gasteiger partial charge is 0.497 e. The van der Waals surface area contributed by atoms with Crippen molar-refractivity contribution in [1.29, 1.82) is 0 Å². The molecule has 0 radical (unpaired) electrons. The fraction of sp³-hybridized carbons (Fsp3) is 0.350. The molecule has 1 atom stereocenters. The molecule has 26 heavy (non-hydrogen) atoms. The van der Waals surface area contributed by atoms with Gasteiger partial charge in [0.05, 0.1) is 12.0 Å². The minimum atomic E-state index is -3.37. The number of carbonyl (C=O) groups is 1. The Labute approximate surface area is 154 Å². The third-order valence-electron chi connectivity index (χ3n) is 4.79. The summed E-state index contributed by atoms with van der Waals surface area (Å²) in [7, 11) is -1.77. The van der Waals surface area contributed by atoms with Crippen molar-refractivity contribution in [2.24, 2.45) is 5.92 Å².